The van der Waals surface area contributed by atoms with Crippen LogP contribution in [0.1, 0.15) is 16.3 Å². The Morgan fingerprint density at radius 1 is 1.39 bits per heavy atom. The third-order valence-electron chi connectivity index (χ3n) is 3.77. The Morgan fingerprint density at radius 2 is 2.26 bits per heavy atom. The topological polar surface area (TPSA) is 58.5 Å². The molecule has 6 heteroatoms. The minimum atomic E-state index is 0.159. The van der Waals surface area contributed by atoms with E-state index in [0.717, 1.165) is 48.3 Å². The summed E-state index contributed by atoms with van der Waals surface area (Å²) >= 11 is 1.69. The largest absolute Gasteiger partial charge is 0.488 e. The lowest BCUT2D eigenvalue weighted by Gasteiger charge is -2.15. The summed E-state index contributed by atoms with van der Waals surface area (Å²) in [6.07, 6.45) is 2.00. The maximum atomic E-state index is 5.92. The van der Waals surface area contributed by atoms with Gasteiger partial charge in [-0.3, -0.25) is 4.99 Å². The number of guanidine groups is 1. The molecular weight excluding hydrogens is 308 g/mol. The number of hydrogen-bond donors (Lipinski definition) is 2. The lowest BCUT2D eigenvalue weighted by Crippen LogP contribution is -2.42. The minimum absolute atomic E-state index is 0.159. The number of nitrogens with zero attached hydrogens (tertiary/aromatic N) is 2. The Hall–Kier alpha value is -2.08. The number of hydrogen-bond acceptors (Lipinski definition) is 4. The van der Waals surface area contributed by atoms with Gasteiger partial charge in [0.25, 0.3) is 0 Å². The zero-order valence-electron chi connectivity index (χ0n) is 13.5. The van der Waals surface area contributed by atoms with Crippen LogP contribution in [0.2, 0.25) is 0 Å². The van der Waals surface area contributed by atoms with Crippen molar-refractivity contribution in [3.63, 3.8) is 0 Å². The van der Waals surface area contributed by atoms with Gasteiger partial charge in [0.05, 0.1) is 17.2 Å². The number of aliphatic imine (C=N–C) groups is 1. The first-order valence-corrected chi connectivity index (χ1v) is 8.72. The van der Waals surface area contributed by atoms with E-state index in [1.165, 1.54) is 5.56 Å². The molecule has 3 rings (SSSR count). The highest BCUT2D eigenvalue weighted by atomic mass is 32.1. The summed E-state index contributed by atoms with van der Waals surface area (Å²) in [5.74, 6) is 1.80. The van der Waals surface area contributed by atoms with Crippen LogP contribution in [0.4, 0.5) is 0 Å². The summed E-state index contributed by atoms with van der Waals surface area (Å²) in [6.45, 7) is 3.58. The van der Waals surface area contributed by atoms with Crippen LogP contribution in [0, 0.1) is 6.92 Å². The van der Waals surface area contributed by atoms with Crippen LogP contribution in [0.5, 0.6) is 5.75 Å². The molecule has 1 aromatic carbocycles. The Bertz CT molecular complexity index is 658. The zero-order chi connectivity index (χ0) is 16.1. The molecule has 1 aliphatic heterocycles. The summed E-state index contributed by atoms with van der Waals surface area (Å²) in [4.78, 5) is 8.72. The summed E-state index contributed by atoms with van der Waals surface area (Å²) in [6, 6.07) is 8.21. The molecule has 2 aromatic rings. The second-order valence-corrected chi connectivity index (χ2v) is 6.60. The van der Waals surface area contributed by atoms with Crippen LogP contribution < -0.4 is 15.4 Å². The first kappa shape index (κ1) is 15.8. The van der Waals surface area contributed by atoms with Gasteiger partial charge in [0.1, 0.15) is 11.9 Å². The summed E-state index contributed by atoms with van der Waals surface area (Å²) in [5.41, 5.74) is 2.41. The van der Waals surface area contributed by atoms with Crippen molar-refractivity contribution in [2.24, 2.45) is 4.99 Å². The van der Waals surface area contributed by atoms with Gasteiger partial charge in [-0.05, 0) is 18.6 Å². The number of rotatable bonds is 5. The lowest BCUT2D eigenvalue weighted by molar-refractivity contribution is 0.235. The smallest absolute Gasteiger partial charge is 0.191 e. The van der Waals surface area contributed by atoms with Gasteiger partial charge in [0, 0.05) is 31.8 Å². The van der Waals surface area contributed by atoms with Gasteiger partial charge in [-0.1, -0.05) is 18.2 Å². The Kier molecular flexibility index (Phi) is 5.12. The first-order valence-electron chi connectivity index (χ1n) is 7.84. The van der Waals surface area contributed by atoms with Crippen LogP contribution in [-0.2, 0) is 12.8 Å². The average Bonchev–Trinajstić information content (AvgIpc) is 3.16. The molecule has 2 heterocycles. The zero-order valence-corrected chi connectivity index (χ0v) is 14.3. The van der Waals surface area contributed by atoms with Crippen molar-refractivity contribution in [1.29, 1.82) is 0 Å². The van der Waals surface area contributed by atoms with Gasteiger partial charge in [-0.15, -0.1) is 11.3 Å². The number of nitrogens with one attached hydrogen (secondary N) is 2. The summed E-state index contributed by atoms with van der Waals surface area (Å²) in [7, 11) is 1.78. The molecule has 23 heavy (non-hydrogen) atoms. The van der Waals surface area contributed by atoms with Crippen molar-refractivity contribution in [1.82, 2.24) is 15.6 Å². The molecule has 1 atom stereocenters. The van der Waals surface area contributed by atoms with E-state index < -0.39 is 0 Å². The van der Waals surface area contributed by atoms with E-state index in [-0.39, 0.29) is 6.10 Å². The normalized spacial score (nSPS) is 16.8. The molecule has 0 saturated carbocycles. The van der Waals surface area contributed by atoms with Crippen molar-refractivity contribution in [3.8, 4) is 5.75 Å². The van der Waals surface area contributed by atoms with Crippen LogP contribution in [-0.4, -0.2) is 37.2 Å². The lowest BCUT2D eigenvalue weighted by atomic mass is 10.1. The van der Waals surface area contributed by atoms with E-state index in [1.54, 1.807) is 18.4 Å². The standard InChI is InChI=1S/C17H22N4OS/c1-12-21-14(11-23-12)7-8-19-17(18-2)20-10-15-9-13-5-3-4-6-16(13)22-15/h3-6,11,15H,7-10H2,1-2H3,(H2,18,19,20). The third-order valence-corrected chi connectivity index (χ3v) is 4.60. The van der Waals surface area contributed by atoms with Gasteiger partial charge in [-0.25, -0.2) is 4.98 Å². The molecule has 0 saturated heterocycles. The number of aromatic nitrogens is 1. The fourth-order valence-corrected chi connectivity index (χ4v) is 3.28. The summed E-state index contributed by atoms with van der Waals surface area (Å²) < 4.78 is 5.92. The highest BCUT2D eigenvalue weighted by Gasteiger charge is 2.22. The summed E-state index contributed by atoms with van der Waals surface area (Å²) in [5, 5.41) is 9.87. The molecule has 0 aliphatic carbocycles. The predicted octanol–water partition coefficient (Wildman–Crippen LogP) is 2.16. The Balaban J connectivity index is 1.40. The van der Waals surface area contributed by atoms with E-state index in [0.29, 0.717) is 0 Å². The van der Waals surface area contributed by atoms with Gasteiger partial charge < -0.3 is 15.4 Å². The van der Waals surface area contributed by atoms with E-state index in [2.05, 4.69) is 38.1 Å². The van der Waals surface area contributed by atoms with E-state index in [1.807, 2.05) is 19.1 Å². The molecule has 1 aliphatic rings. The van der Waals surface area contributed by atoms with Crippen LogP contribution >= 0.6 is 11.3 Å². The monoisotopic (exact) mass is 330 g/mol. The van der Waals surface area contributed by atoms with Crippen LogP contribution in [0.25, 0.3) is 0 Å². The second-order valence-electron chi connectivity index (χ2n) is 5.54. The maximum Gasteiger partial charge on any atom is 0.191 e. The number of benzene rings is 1. The minimum Gasteiger partial charge on any atom is -0.488 e. The van der Waals surface area contributed by atoms with Gasteiger partial charge in [0.15, 0.2) is 5.96 Å². The van der Waals surface area contributed by atoms with Crippen molar-refractivity contribution < 1.29 is 4.74 Å². The van der Waals surface area contributed by atoms with E-state index in [4.69, 9.17) is 4.74 Å². The van der Waals surface area contributed by atoms with Gasteiger partial charge >= 0.3 is 0 Å². The van der Waals surface area contributed by atoms with Crippen LogP contribution in [0.15, 0.2) is 34.6 Å². The molecule has 0 radical (unpaired) electrons. The van der Waals surface area contributed by atoms with Gasteiger partial charge in [0.2, 0.25) is 0 Å². The molecular formula is C17H22N4OS. The molecule has 0 spiro atoms. The quantitative estimate of drug-likeness (QED) is 0.651. The Morgan fingerprint density at radius 3 is 3.00 bits per heavy atom. The number of para-hydroxylation sites is 1. The Labute approximate surface area is 140 Å². The molecule has 1 aromatic heterocycles. The fourth-order valence-electron chi connectivity index (χ4n) is 2.63. The molecule has 0 bridgehead atoms. The van der Waals surface area contributed by atoms with Crippen molar-refractivity contribution >= 4 is 17.3 Å². The van der Waals surface area contributed by atoms with E-state index in [9.17, 15) is 0 Å². The number of ether oxygens (including phenoxy) is 1. The fraction of sp³-hybridized carbons (Fsp3) is 0.412. The van der Waals surface area contributed by atoms with Crippen molar-refractivity contribution in [3.05, 3.63) is 45.9 Å². The average molecular weight is 330 g/mol. The molecule has 5 nitrogen and oxygen atoms in total. The molecule has 0 fully saturated rings. The van der Waals surface area contributed by atoms with Crippen molar-refractivity contribution in [2.75, 3.05) is 20.1 Å². The highest BCUT2D eigenvalue weighted by Crippen LogP contribution is 2.27. The molecule has 2 N–H and O–H groups in total. The van der Waals surface area contributed by atoms with Gasteiger partial charge in [-0.2, -0.15) is 0 Å². The molecule has 1 unspecified atom stereocenters. The van der Waals surface area contributed by atoms with Crippen molar-refractivity contribution in [2.45, 2.75) is 25.9 Å². The third kappa shape index (κ3) is 4.22. The van der Waals surface area contributed by atoms with E-state index >= 15 is 0 Å². The molecule has 0 amide bonds. The SMILES string of the molecule is CN=C(NCCc1csc(C)n1)NCC1Cc2ccccc2O1. The number of aryl methyl sites for hydroxylation is 1. The second kappa shape index (κ2) is 7.46. The molecule has 122 valence electrons. The number of fused-ring (bicyclic) bond motifs is 1. The highest BCUT2D eigenvalue weighted by molar-refractivity contribution is 7.09. The number of thiazole rings is 1. The maximum absolute atomic E-state index is 5.92. The van der Waals surface area contributed by atoms with Crippen LogP contribution in [0.3, 0.4) is 0 Å². The first-order chi connectivity index (χ1) is 11.2. The predicted molar refractivity (Wildman–Crippen MR) is 94.5 cm³/mol.